The fraction of sp³-hybridized carbons (Fsp3) is 0.600. The topological polar surface area (TPSA) is 29.5 Å². The predicted octanol–water partition coefficient (Wildman–Crippen LogP) is 2.96. The minimum Gasteiger partial charge on any atom is -0.488 e. The van der Waals surface area contributed by atoms with Gasteiger partial charge < -0.3 is 9.84 Å². The van der Waals surface area contributed by atoms with Crippen LogP contribution in [0.1, 0.15) is 37.8 Å². The van der Waals surface area contributed by atoms with Crippen LogP contribution in [0.4, 0.5) is 0 Å². The maximum absolute atomic E-state index is 9.07. The molecule has 0 bridgehead atoms. The van der Waals surface area contributed by atoms with Crippen molar-refractivity contribution in [1.29, 1.82) is 0 Å². The van der Waals surface area contributed by atoms with Gasteiger partial charge in [0.25, 0.3) is 0 Å². The number of benzene rings is 1. The van der Waals surface area contributed by atoms with Crippen LogP contribution in [-0.2, 0) is 12.8 Å². The first-order valence-electron chi connectivity index (χ1n) is 6.62. The van der Waals surface area contributed by atoms with E-state index in [1.54, 1.807) is 0 Å². The molecular weight excluding hydrogens is 212 g/mol. The molecule has 2 heteroatoms. The number of rotatable bonds is 4. The first-order chi connectivity index (χ1) is 8.24. The van der Waals surface area contributed by atoms with Crippen LogP contribution in [0.5, 0.6) is 5.75 Å². The summed E-state index contributed by atoms with van der Waals surface area (Å²) in [6.07, 6.45) is 4.70. The summed E-state index contributed by atoms with van der Waals surface area (Å²) in [5.41, 5.74) is 2.79. The number of hydrogen-bond donors (Lipinski definition) is 1. The summed E-state index contributed by atoms with van der Waals surface area (Å²) in [5.74, 6) is 1.76. The van der Waals surface area contributed by atoms with Gasteiger partial charge in [0, 0.05) is 0 Å². The smallest absolute Gasteiger partial charge is 0.123 e. The minimum absolute atomic E-state index is 0.0703. The minimum atomic E-state index is -0.122. The Balaban J connectivity index is 2.22. The number of fused-ring (bicyclic) bond motifs is 1. The van der Waals surface area contributed by atoms with Gasteiger partial charge in [0.2, 0.25) is 0 Å². The molecule has 0 fully saturated rings. The molecule has 0 aromatic heterocycles. The highest BCUT2D eigenvalue weighted by atomic mass is 16.5. The molecule has 2 rings (SSSR count). The van der Waals surface area contributed by atoms with E-state index >= 15 is 0 Å². The summed E-state index contributed by atoms with van der Waals surface area (Å²) >= 11 is 0. The average molecular weight is 234 g/mol. The lowest BCUT2D eigenvalue weighted by atomic mass is 9.82. The van der Waals surface area contributed by atoms with Crippen LogP contribution in [0, 0.1) is 5.92 Å². The SMILES string of the molecule is CCC1CCc2cccc(OC(C)CO)c2C1. The van der Waals surface area contributed by atoms with E-state index in [1.165, 1.54) is 30.4 Å². The van der Waals surface area contributed by atoms with Crippen molar-refractivity contribution in [2.75, 3.05) is 6.61 Å². The summed E-state index contributed by atoms with van der Waals surface area (Å²) in [7, 11) is 0. The fourth-order valence-electron chi connectivity index (χ4n) is 2.54. The second-order valence-corrected chi connectivity index (χ2v) is 5.02. The van der Waals surface area contributed by atoms with Gasteiger partial charge in [-0.1, -0.05) is 25.5 Å². The van der Waals surface area contributed by atoms with E-state index in [1.807, 2.05) is 13.0 Å². The molecule has 0 aliphatic heterocycles. The number of aryl methyl sites for hydroxylation is 1. The van der Waals surface area contributed by atoms with Crippen LogP contribution in [0.2, 0.25) is 0 Å². The third-order valence-corrected chi connectivity index (χ3v) is 3.71. The van der Waals surface area contributed by atoms with Gasteiger partial charge in [0.05, 0.1) is 6.61 Å². The van der Waals surface area contributed by atoms with E-state index in [4.69, 9.17) is 9.84 Å². The number of aliphatic hydroxyl groups is 1. The predicted molar refractivity (Wildman–Crippen MR) is 69.4 cm³/mol. The zero-order valence-electron chi connectivity index (χ0n) is 10.8. The molecule has 1 N–H and O–H groups in total. The Morgan fingerprint density at radius 3 is 3.00 bits per heavy atom. The van der Waals surface area contributed by atoms with E-state index in [-0.39, 0.29) is 12.7 Å². The van der Waals surface area contributed by atoms with E-state index in [2.05, 4.69) is 19.1 Å². The highest BCUT2D eigenvalue weighted by molar-refractivity contribution is 5.42. The number of ether oxygens (including phenoxy) is 1. The molecule has 17 heavy (non-hydrogen) atoms. The third-order valence-electron chi connectivity index (χ3n) is 3.71. The zero-order valence-corrected chi connectivity index (χ0v) is 10.8. The van der Waals surface area contributed by atoms with Crippen LogP contribution in [0.3, 0.4) is 0 Å². The Kier molecular flexibility index (Phi) is 4.06. The molecule has 0 radical (unpaired) electrons. The van der Waals surface area contributed by atoms with Gasteiger partial charge in [-0.25, -0.2) is 0 Å². The molecule has 2 nitrogen and oxygen atoms in total. The van der Waals surface area contributed by atoms with Crippen LogP contribution in [0.25, 0.3) is 0 Å². The van der Waals surface area contributed by atoms with E-state index in [0.717, 1.165) is 18.1 Å². The molecule has 1 aliphatic rings. The van der Waals surface area contributed by atoms with Crippen LogP contribution in [-0.4, -0.2) is 17.8 Å². The van der Waals surface area contributed by atoms with E-state index in [9.17, 15) is 0 Å². The van der Waals surface area contributed by atoms with Gasteiger partial charge in [-0.05, 0) is 49.3 Å². The normalized spacial score (nSPS) is 20.8. The Bertz CT molecular complexity index is 373. The van der Waals surface area contributed by atoms with Gasteiger partial charge in [0.15, 0.2) is 0 Å². The molecule has 0 saturated carbocycles. The van der Waals surface area contributed by atoms with Gasteiger partial charge in [-0.3, -0.25) is 0 Å². The molecule has 0 heterocycles. The van der Waals surface area contributed by atoms with Crippen LogP contribution >= 0.6 is 0 Å². The van der Waals surface area contributed by atoms with Crippen molar-refractivity contribution in [2.24, 2.45) is 5.92 Å². The van der Waals surface area contributed by atoms with Crippen LogP contribution < -0.4 is 4.74 Å². The number of aliphatic hydroxyl groups excluding tert-OH is 1. The van der Waals surface area contributed by atoms with Crippen molar-refractivity contribution in [2.45, 2.75) is 45.6 Å². The molecule has 94 valence electrons. The first-order valence-corrected chi connectivity index (χ1v) is 6.62. The lowest BCUT2D eigenvalue weighted by Gasteiger charge is -2.26. The van der Waals surface area contributed by atoms with Gasteiger partial charge in [-0.2, -0.15) is 0 Å². The van der Waals surface area contributed by atoms with Crippen molar-refractivity contribution in [1.82, 2.24) is 0 Å². The average Bonchev–Trinajstić information content (AvgIpc) is 2.38. The Labute approximate surface area is 104 Å². The molecule has 0 saturated heterocycles. The lowest BCUT2D eigenvalue weighted by molar-refractivity contribution is 0.128. The Morgan fingerprint density at radius 1 is 1.47 bits per heavy atom. The van der Waals surface area contributed by atoms with Crippen LogP contribution in [0.15, 0.2) is 18.2 Å². The second-order valence-electron chi connectivity index (χ2n) is 5.02. The Morgan fingerprint density at radius 2 is 2.29 bits per heavy atom. The molecule has 1 aliphatic carbocycles. The quantitative estimate of drug-likeness (QED) is 0.868. The molecular formula is C15H22O2. The van der Waals surface area contributed by atoms with Gasteiger partial charge in [-0.15, -0.1) is 0 Å². The van der Waals surface area contributed by atoms with E-state index in [0.29, 0.717) is 0 Å². The largest absolute Gasteiger partial charge is 0.488 e. The Hall–Kier alpha value is -1.02. The van der Waals surface area contributed by atoms with Crippen molar-refractivity contribution in [3.8, 4) is 5.75 Å². The highest BCUT2D eigenvalue weighted by Crippen LogP contribution is 2.33. The molecule has 2 atom stereocenters. The lowest BCUT2D eigenvalue weighted by Crippen LogP contribution is -2.20. The maximum Gasteiger partial charge on any atom is 0.123 e. The summed E-state index contributed by atoms with van der Waals surface area (Å²) in [4.78, 5) is 0. The van der Waals surface area contributed by atoms with Crippen molar-refractivity contribution < 1.29 is 9.84 Å². The second kappa shape index (κ2) is 5.54. The summed E-state index contributed by atoms with van der Waals surface area (Å²) < 4.78 is 5.80. The van der Waals surface area contributed by atoms with Crippen molar-refractivity contribution >= 4 is 0 Å². The monoisotopic (exact) mass is 234 g/mol. The fourth-order valence-corrected chi connectivity index (χ4v) is 2.54. The maximum atomic E-state index is 9.07. The van der Waals surface area contributed by atoms with E-state index < -0.39 is 0 Å². The molecule has 1 aromatic rings. The summed E-state index contributed by atoms with van der Waals surface area (Å²) in [6.45, 7) is 4.23. The zero-order chi connectivity index (χ0) is 12.3. The molecule has 2 unspecified atom stereocenters. The first kappa shape index (κ1) is 12.4. The highest BCUT2D eigenvalue weighted by Gasteiger charge is 2.20. The molecule has 1 aromatic carbocycles. The standard InChI is InChI=1S/C15H22O2/c1-3-12-7-8-13-5-4-6-15(14(13)9-12)17-11(2)10-16/h4-6,11-12,16H,3,7-10H2,1-2H3. The van der Waals surface area contributed by atoms with Crippen molar-refractivity contribution in [3.05, 3.63) is 29.3 Å². The summed E-state index contributed by atoms with van der Waals surface area (Å²) in [5, 5.41) is 9.07. The molecule has 0 amide bonds. The summed E-state index contributed by atoms with van der Waals surface area (Å²) in [6, 6.07) is 6.30. The van der Waals surface area contributed by atoms with Gasteiger partial charge in [0.1, 0.15) is 11.9 Å². The van der Waals surface area contributed by atoms with Crippen molar-refractivity contribution in [3.63, 3.8) is 0 Å². The third kappa shape index (κ3) is 2.81. The van der Waals surface area contributed by atoms with Gasteiger partial charge >= 0.3 is 0 Å². The molecule has 0 spiro atoms. The number of hydrogen-bond acceptors (Lipinski definition) is 2.